The number of likely N-dealkylation sites (tertiary alicyclic amines) is 1. The first-order valence-corrected chi connectivity index (χ1v) is 10.7. The molecular formula is C16H24N2O3S2. The second kappa shape index (κ2) is 6.91. The molecule has 0 saturated carbocycles. The molecule has 0 N–H and O–H groups in total. The molecule has 0 spiro atoms. The molecule has 128 valence electrons. The Hall–Kier alpha value is -0.920. The summed E-state index contributed by atoms with van der Waals surface area (Å²) in [6, 6.07) is 1.88. The van der Waals surface area contributed by atoms with Gasteiger partial charge in [0.1, 0.15) is 4.21 Å². The van der Waals surface area contributed by atoms with Crippen LogP contribution < -0.4 is 0 Å². The van der Waals surface area contributed by atoms with Gasteiger partial charge >= 0.3 is 0 Å². The van der Waals surface area contributed by atoms with E-state index in [2.05, 4.69) is 0 Å². The molecule has 2 saturated heterocycles. The third kappa shape index (κ3) is 3.46. The number of hydrogen-bond acceptors (Lipinski definition) is 4. The number of aryl methyl sites for hydroxylation is 1. The van der Waals surface area contributed by atoms with Gasteiger partial charge in [-0.15, -0.1) is 11.3 Å². The quantitative estimate of drug-likeness (QED) is 0.815. The zero-order valence-corrected chi connectivity index (χ0v) is 15.2. The van der Waals surface area contributed by atoms with Crippen LogP contribution in [0.1, 0.15) is 44.1 Å². The summed E-state index contributed by atoms with van der Waals surface area (Å²) in [5.41, 5.74) is 0.828. The van der Waals surface area contributed by atoms with Crippen LogP contribution in [0.2, 0.25) is 0 Å². The SMILES string of the molecule is Cc1ccsc1S(=O)(=O)N1CCCC[C@H]1CCN1CCCC1=O. The van der Waals surface area contributed by atoms with E-state index in [4.69, 9.17) is 0 Å². The number of thiophene rings is 1. The maximum absolute atomic E-state index is 13.0. The first-order chi connectivity index (χ1) is 11.0. The van der Waals surface area contributed by atoms with Crippen molar-refractivity contribution in [3.8, 4) is 0 Å². The van der Waals surface area contributed by atoms with Gasteiger partial charge in [0.25, 0.3) is 10.0 Å². The number of amides is 1. The van der Waals surface area contributed by atoms with Crippen molar-refractivity contribution in [3.63, 3.8) is 0 Å². The summed E-state index contributed by atoms with van der Waals surface area (Å²) in [5, 5.41) is 1.84. The van der Waals surface area contributed by atoms with Crippen molar-refractivity contribution in [2.45, 2.75) is 55.7 Å². The molecule has 0 radical (unpaired) electrons. The maximum Gasteiger partial charge on any atom is 0.253 e. The monoisotopic (exact) mass is 356 g/mol. The Morgan fingerprint density at radius 3 is 2.74 bits per heavy atom. The van der Waals surface area contributed by atoms with E-state index in [9.17, 15) is 13.2 Å². The molecule has 7 heteroatoms. The predicted octanol–water partition coefficient (Wildman–Crippen LogP) is 2.61. The molecule has 0 aromatic carbocycles. The van der Waals surface area contributed by atoms with Crippen molar-refractivity contribution in [1.82, 2.24) is 9.21 Å². The van der Waals surface area contributed by atoms with Gasteiger partial charge in [-0.3, -0.25) is 4.79 Å². The molecule has 1 amide bonds. The molecule has 23 heavy (non-hydrogen) atoms. The minimum absolute atomic E-state index is 0.0173. The molecule has 1 atom stereocenters. The van der Waals surface area contributed by atoms with E-state index >= 15 is 0 Å². The van der Waals surface area contributed by atoms with Crippen molar-refractivity contribution >= 4 is 27.3 Å². The van der Waals surface area contributed by atoms with Gasteiger partial charge in [-0.1, -0.05) is 6.42 Å². The highest BCUT2D eigenvalue weighted by atomic mass is 32.2. The standard InChI is InChI=1S/C16H24N2O3S2/c1-13-8-12-22-16(13)23(20,21)18-10-3-2-5-14(18)7-11-17-9-4-6-15(17)19/h8,12,14H,2-7,9-11H2,1H3/t14-/m0/s1. The average Bonchev–Trinajstić information content (AvgIpc) is 3.14. The molecule has 1 aromatic rings. The van der Waals surface area contributed by atoms with Gasteiger partial charge in [0, 0.05) is 32.1 Å². The average molecular weight is 357 g/mol. The summed E-state index contributed by atoms with van der Waals surface area (Å²) in [7, 11) is -3.41. The number of hydrogen-bond donors (Lipinski definition) is 0. The van der Waals surface area contributed by atoms with E-state index in [-0.39, 0.29) is 11.9 Å². The lowest BCUT2D eigenvalue weighted by atomic mass is 10.0. The second-order valence-electron chi connectivity index (χ2n) is 6.43. The van der Waals surface area contributed by atoms with Gasteiger partial charge < -0.3 is 4.90 Å². The van der Waals surface area contributed by atoms with Crippen LogP contribution in [0.15, 0.2) is 15.7 Å². The highest BCUT2D eigenvalue weighted by Gasteiger charge is 2.35. The fourth-order valence-corrected chi connectivity index (χ4v) is 6.80. The van der Waals surface area contributed by atoms with Crippen molar-refractivity contribution in [3.05, 3.63) is 17.0 Å². The highest BCUT2D eigenvalue weighted by Crippen LogP contribution is 2.31. The van der Waals surface area contributed by atoms with E-state index in [1.54, 1.807) is 4.31 Å². The van der Waals surface area contributed by atoms with Crippen LogP contribution in [0.25, 0.3) is 0 Å². The lowest BCUT2D eigenvalue weighted by molar-refractivity contribution is -0.127. The summed E-state index contributed by atoms with van der Waals surface area (Å²) in [5.74, 6) is 0.212. The molecule has 2 aliphatic rings. The molecule has 5 nitrogen and oxygen atoms in total. The Balaban J connectivity index is 1.73. The molecular weight excluding hydrogens is 332 g/mol. The molecule has 0 aliphatic carbocycles. The fourth-order valence-electron chi connectivity index (χ4n) is 3.55. The summed E-state index contributed by atoms with van der Waals surface area (Å²) >= 11 is 1.30. The van der Waals surface area contributed by atoms with Crippen LogP contribution in [0.3, 0.4) is 0 Å². The lowest BCUT2D eigenvalue weighted by Gasteiger charge is -2.35. The number of carbonyl (C=O) groups is 1. The lowest BCUT2D eigenvalue weighted by Crippen LogP contribution is -2.45. The Bertz CT molecular complexity index is 669. The van der Waals surface area contributed by atoms with E-state index in [0.717, 1.165) is 44.2 Å². The topological polar surface area (TPSA) is 57.7 Å². The van der Waals surface area contributed by atoms with Crippen molar-refractivity contribution in [1.29, 1.82) is 0 Å². The van der Waals surface area contributed by atoms with Gasteiger partial charge in [-0.2, -0.15) is 4.31 Å². The van der Waals surface area contributed by atoms with E-state index in [1.165, 1.54) is 11.3 Å². The Kier molecular flexibility index (Phi) is 5.08. The molecule has 0 bridgehead atoms. The molecule has 1 aromatic heterocycles. The zero-order chi connectivity index (χ0) is 16.4. The Labute approximate surface area is 142 Å². The van der Waals surface area contributed by atoms with E-state index in [1.807, 2.05) is 23.3 Å². The minimum atomic E-state index is -3.41. The largest absolute Gasteiger partial charge is 0.343 e. The van der Waals surface area contributed by atoms with Crippen molar-refractivity contribution in [2.24, 2.45) is 0 Å². The van der Waals surface area contributed by atoms with Crippen molar-refractivity contribution in [2.75, 3.05) is 19.6 Å². The van der Waals surface area contributed by atoms with Gasteiger partial charge in [-0.05, 0) is 49.6 Å². The first-order valence-electron chi connectivity index (χ1n) is 8.34. The fraction of sp³-hybridized carbons (Fsp3) is 0.688. The molecule has 2 aliphatic heterocycles. The maximum atomic E-state index is 13.0. The third-order valence-electron chi connectivity index (χ3n) is 4.83. The van der Waals surface area contributed by atoms with Crippen LogP contribution in [0.4, 0.5) is 0 Å². The zero-order valence-electron chi connectivity index (χ0n) is 13.5. The van der Waals surface area contributed by atoms with Gasteiger partial charge in [-0.25, -0.2) is 8.42 Å². The number of nitrogens with zero attached hydrogens (tertiary/aromatic N) is 2. The van der Waals surface area contributed by atoms with Crippen LogP contribution in [-0.4, -0.2) is 49.2 Å². The smallest absolute Gasteiger partial charge is 0.253 e. The Morgan fingerprint density at radius 2 is 2.09 bits per heavy atom. The van der Waals surface area contributed by atoms with Crippen LogP contribution in [-0.2, 0) is 14.8 Å². The first kappa shape index (κ1) is 16.9. The van der Waals surface area contributed by atoms with Crippen LogP contribution in [0.5, 0.6) is 0 Å². The van der Waals surface area contributed by atoms with Crippen LogP contribution in [0, 0.1) is 6.92 Å². The summed E-state index contributed by atoms with van der Waals surface area (Å²) < 4.78 is 28.2. The van der Waals surface area contributed by atoms with Crippen molar-refractivity contribution < 1.29 is 13.2 Å². The normalized spacial score (nSPS) is 23.6. The highest BCUT2D eigenvalue weighted by molar-refractivity contribution is 7.91. The second-order valence-corrected chi connectivity index (χ2v) is 9.43. The molecule has 0 unspecified atom stereocenters. The Morgan fingerprint density at radius 1 is 1.26 bits per heavy atom. The molecule has 3 heterocycles. The summed E-state index contributed by atoms with van der Waals surface area (Å²) in [6.07, 6.45) is 5.19. The number of piperidine rings is 1. The third-order valence-corrected chi connectivity index (χ3v) is 8.45. The van der Waals surface area contributed by atoms with E-state index in [0.29, 0.717) is 23.7 Å². The van der Waals surface area contributed by atoms with Gasteiger partial charge in [0.05, 0.1) is 0 Å². The number of sulfonamides is 1. The van der Waals surface area contributed by atoms with Crippen LogP contribution >= 0.6 is 11.3 Å². The van der Waals surface area contributed by atoms with Gasteiger partial charge in [0.2, 0.25) is 5.91 Å². The number of carbonyl (C=O) groups excluding carboxylic acids is 1. The minimum Gasteiger partial charge on any atom is -0.343 e. The number of rotatable bonds is 5. The van der Waals surface area contributed by atoms with Gasteiger partial charge in [0.15, 0.2) is 0 Å². The predicted molar refractivity (Wildman–Crippen MR) is 91.0 cm³/mol. The molecule has 2 fully saturated rings. The molecule has 3 rings (SSSR count). The van der Waals surface area contributed by atoms with E-state index < -0.39 is 10.0 Å². The summed E-state index contributed by atoms with van der Waals surface area (Å²) in [4.78, 5) is 13.6. The summed E-state index contributed by atoms with van der Waals surface area (Å²) in [6.45, 7) is 3.95.